The highest BCUT2D eigenvalue weighted by molar-refractivity contribution is 7.94. The number of aryl methyl sites for hydroxylation is 1. The van der Waals surface area contributed by atoms with Crippen molar-refractivity contribution in [2.24, 2.45) is 5.41 Å². The Hall–Kier alpha value is -2.59. The van der Waals surface area contributed by atoms with E-state index in [0.717, 1.165) is 6.07 Å². The molecule has 2 aromatic carbocycles. The van der Waals surface area contributed by atoms with Gasteiger partial charge in [-0.05, 0) is 50.6 Å². The first-order chi connectivity index (χ1) is 13.4. The van der Waals surface area contributed by atoms with Crippen molar-refractivity contribution in [3.05, 3.63) is 48.0 Å². The molecule has 2 aromatic rings. The van der Waals surface area contributed by atoms with Gasteiger partial charge >= 0.3 is 0 Å². The number of methoxy groups -OCH3 is 1. The second-order valence-electron chi connectivity index (χ2n) is 7.47. The number of ether oxygens (including phenoxy) is 1. The normalized spacial score (nSPS) is 17.9. The van der Waals surface area contributed by atoms with E-state index in [-0.39, 0.29) is 22.1 Å². The number of anilines is 2. The Morgan fingerprint density at radius 2 is 1.79 bits per heavy atom. The van der Waals surface area contributed by atoms with Crippen LogP contribution in [0, 0.1) is 12.3 Å². The van der Waals surface area contributed by atoms with Crippen molar-refractivity contribution < 1.29 is 26.4 Å². The second kappa shape index (κ2) is 7.03. The summed E-state index contributed by atoms with van der Waals surface area (Å²) >= 11 is 0. The van der Waals surface area contributed by atoms with Gasteiger partial charge in [-0.3, -0.25) is 9.52 Å². The molecule has 0 aromatic heterocycles. The molecule has 0 bridgehead atoms. The Bertz CT molecular complexity index is 1190. The van der Waals surface area contributed by atoms with E-state index in [1.807, 2.05) is 0 Å². The molecule has 3 rings (SSSR count). The number of hydrogen-bond donors (Lipinski definition) is 1. The fourth-order valence-electron chi connectivity index (χ4n) is 3.15. The molecular weight excluding hydrogens is 416 g/mol. The average Bonchev–Trinajstić information content (AvgIpc) is 2.79. The summed E-state index contributed by atoms with van der Waals surface area (Å²) in [5, 5.41) is 0. The van der Waals surface area contributed by atoms with Crippen molar-refractivity contribution in [3.63, 3.8) is 0 Å². The molecular formula is C19H22N2O6S2. The minimum absolute atomic E-state index is 0.0261. The molecule has 0 radical (unpaired) electrons. The lowest BCUT2D eigenvalue weighted by Gasteiger charge is -2.19. The van der Waals surface area contributed by atoms with Crippen molar-refractivity contribution in [2.75, 3.05) is 21.9 Å². The number of hydrogen-bond acceptors (Lipinski definition) is 6. The summed E-state index contributed by atoms with van der Waals surface area (Å²) in [7, 11) is -6.73. The number of nitrogens with one attached hydrogen (secondary N) is 1. The maximum atomic E-state index is 13.0. The molecule has 156 valence electrons. The molecule has 1 aliphatic heterocycles. The Balaban J connectivity index is 2.11. The van der Waals surface area contributed by atoms with Crippen LogP contribution in [-0.2, 0) is 24.8 Å². The van der Waals surface area contributed by atoms with Crippen LogP contribution in [0.3, 0.4) is 0 Å². The van der Waals surface area contributed by atoms with Crippen LogP contribution in [0.1, 0.15) is 19.4 Å². The molecule has 1 heterocycles. The van der Waals surface area contributed by atoms with Gasteiger partial charge in [0.05, 0.1) is 29.7 Å². The second-order valence-corrected chi connectivity index (χ2v) is 10.9. The van der Waals surface area contributed by atoms with Crippen LogP contribution in [-0.4, -0.2) is 35.6 Å². The number of para-hydroxylation sites is 1. The van der Waals surface area contributed by atoms with Gasteiger partial charge in [0.15, 0.2) is 0 Å². The Kier molecular flexibility index (Phi) is 5.12. The van der Waals surface area contributed by atoms with E-state index >= 15 is 0 Å². The quantitative estimate of drug-likeness (QED) is 0.768. The Morgan fingerprint density at radius 3 is 2.34 bits per heavy atom. The topological polar surface area (TPSA) is 110 Å². The van der Waals surface area contributed by atoms with E-state index in [4.69, 9.17) is 4.74 Å². The monoisotopic (exact) mass is 438 g/mol. The summed E-state index contributed by atoms with van der Waals surface area (Å²) in [6.07, 6.45) is 0. The summed E-state index contributed by atoms with van der Waals surface area (Å²) in [5.41, 5.74) is -0.0558. The van der Waals surface area contributed by atoms with Crippen LogP contribution in [0.5, 0.6) is 5.75 Å². The van der Waals surface area contributed by atoms with Gasteiger partial charge in [-0.25, -0.2) is 21.1 Å². The first-order valence-electron chi connectivity index (χ1n) is 8.73. The van der Waals surface area contributed by atoms with Crippen molar-refractivity contribution >= 4 is 37.3 Å². The van der Waals surface area contributed by atoms with Crippen LogP contribution >= 0.6 is 0 Å². The molecule has 1 saturated heterocycles. The van der Waals surface area contributed by atoms with E-state index in [9.17, 15) is 21.6 Å². The molecule has 1 fully saturated rings. The summed E-state index contributed by atoms with van der Waals surface area (Å²) in [5.74, 6) is -0.940. The minimum Gasteiger partial charge on any atom is -0.495 e. The van der Waals surface area contributed by atoms with Crippen LogP contribution in [0.25, 0.3) is 0 Å². The lowest BCUT2D eigenvalue weighted by atomic mass is 9.95. The Labute approximate surface area is 170 Å². The third kappa shape index (κ3) is 3.82. The third-order valence-corrected chi connectivity index (χ3v) is 8.05. The zero-order valence-corrected chi connectivity index (χ0v) is 18.1. The molecule has 10 heteroatoms. The summed E-state index contributed by atoms with van der Waals surface area (Å²) in [6, 6.07) is 10.6. The number of carbonyl (C=O) groups excluding carboxylic acids is 1. The zero-order valence-electron chi connectivity index (χ0n) is 16.5. The first kappa shape index (κ1) is 21.1. The number of benzene rings is 2. The lowest BCUT2D eigenvalue weighted by Crippen LogP contribution is -2.33. The van der Waals surface area contributed by atoms with Crippen LogP contribution < -0.4 is 13.8 Å². The minimum atomic E-state index is -4.12. The van der Waals surface area contributed by atoms with E-state index in [1.165, 1.54) is 33.1 Å². The number of sulfonamides is 2. The van der Waals surface area contributed by atoms with Crippen molar-refractivity contribution in [1.29, 1.82) is 0 Å². The smallest absolute Gasteiger partial charge is 0.265 e. The number of amides is 1. The van der Waals surface area contributed by atoms with Gasteiger partial charge in [0.1, 0.15) is 10.6 Å². The highest BCUT2D eigenvalue weighted by Crippen LogP contribution is 2.38. The van der Waals surface area contributed by atoms with Crippen LogP contribution in [0.4, 0.5) is 11.4 Å². The molecule has 1 N–H and O–H groups in total. The SMILES string of the molecule is COc1ccc(N2C(=O)C(C)(C)CS2(=O)=O)cc1S(=O)(=O)Nc1ccccc1C. The number of rotatable bonds is 5. The van der Waals surface area contributed by atoms with Gasteiger partial charge in [-0.1, -0.05) is 18.2 Å². The largest absolute Gasteiger partial charge is 0.495 e. The molecule has 1 aliphatic rings. The predicted molar refractivity (Wildman–Crippen MR) is 110 cm³/mol. The lowest BCUT2D eigenvalue weighted by molar-refractivity contribution is -0.123. The third-order valence-electron chi connectivity index (χ3n) is 4.65. The van der Waals surface area contributed by atoms with E-state index in [2.05, 4.69) is 4.72 Å². The molecule has 0 atom stereocenters. The van der Waals surface area contributed by atoms with E-state index in [0.29, 0.717) is 15.6 Å². The van der Waals surface area contributed by atoms with Gasteiger partial charge in [-0.15, -0.1) is 0 Å². The fraction of sp³-hybridized carbons (Fsp3) is 0.316. The standard InChI is InChI=1S/C19H22N2O6S2/c1-13-7-5-6-8-15(13)20-29(25,26)17-11-14(9-10-16(17)27-4)21-18(22)19(2,3)12-28(21,23)24/h5-11,20H,12H2,1-4H3. The average molecular weight is 439 g/mol. The van der Waals surface area contributed by atoms with Crippen molar-refractivity contribution in [3.8, 4) is 5.75 Å². The molecule has 8 nitrogen and oxygen atoms in total. The van der Waals surface area contributed by atoms with E-state index in [1.54, 1.807) is 31.2 Å². The van der Waals surface area contributed by atoms with Gasteiger partial charge in [-0.2, -0.15) is 0 Å². The highest BCUT2D eigenvalue weighted by Gasteiger charge is 2.50. The van der Waals surface area contributed by atoms with Crippen molar-refractivity contribution in [2.45, 2.75) is 25.7 Å². The summed E-state index contributed by atoms with van der Waals surface area (Å²) in [4.78, 5) is 12.4. The molecule has 0 unspecified atom stereocenters. The molecule has 0 aliphatic carbocycles. The Morgan fingerprint density at radius 1 is 1.14 bits per heavy atom. The predicted octanol–water partition coefficient (Wildman–Crippen LogP) is 2.51. The van der Waals surface area contributed by atoms with Gasteiger partial charge in [0, 0.05) is 0 Å². The molecule has 29 heavy (non-hydrogen) atoms. The number of carbonyl (C=O) groups is 1. The van der Waals surface area contributed by atoms with Gasteiger partial charge in [0.2, 0.25) is 15.9 Å². The van der Waals surface area contributed by atoms with Crippen molar-refractivity contribution in [1.82, 2.24) is 0 Å². The van der Waals surface area contributed by atoms with Gasteiger partial charge < -0.3 is 4.74 Å². The molecule has 0 spiro atoms. The number of nitrogens with zero attached hydrogens (tertiary/aromatic N) is 1. The van der Waals surface area contributed by atoms with E-state index < -0.39 is 31.4 Å². The first-order valence-corrected chi connectivity index (χ1v) is 11.8. The fourth-order valence-corrected chi connectivity index (χ4v) is 6.57. The van der Waals surface area contributed by atoms with Crippen LogP contribution in [0.15, 0.2) is 47.4 Å². The maximum absolute atomic E-state index is 13.0. The van der Waals surface area contributed by atoms with Crippen LogP contribution in [0.2, 0.25) is 0 Å². The maximum Gasteiger partial charge on any atom is 0.265 e. The molecule has 1 amide bonds. The summed E-state index contributed by atoms with van der Waals surface area (Å²) in [6.45, 7) is 4.82. The zero-order chi connectivity index (χ0) is 21.6. The molecule has 0 saturated carbocycles. The summed E-state index contributed by atoms with van der Waals surface area (Å²) < 4.78 is 59.5. The van der Waals surface area contributed by atoms with Gasteiger partial charge in [0.25, 0.3) is 10.0 Å². The highest BCUT2D eigenvalue weighted by atomic mass is 32.2.